The molecule has 0 spiro atoms. The van der Waals surface area contributed by atoms with E-state index in [-0.39, 0.29) is 6.61 Å². The first-order valence-electron chi connectivity index (χ1n) is 7.87. The highest BCUT2D eigenvalue weighted by molar-refractivity contribution is 6.32. The summed E-state index contributed by atoms with van der Waals surface area (Å²) in [4.78, 5) is 11.5. The van der Waals surface area contributed by atoms with Crippen LogP contribution in [0.3, 0.4) is 0 Å². The van der Waals surface area contributed by atoms with Gasteiger partial charge in [-0.25, -0.2) is 4.79 Å². The van der Waals surface area contributed by atoms with Crippen LogP contribution in [-0.4, -0.2) is 19.7 Å². The lowest BCUT2D eigenvalue weighted by atomic mass is 10.1. The SMILES string of the molecule is C#CCOC(=O)/C=C/c1cc(Cl)c(OCc2ccc(C)cc2)c(OC)c1. The fraction of sp³-hybridized carbons (Fsp3) is 0.190. The van der Waals surface area contributed by atoms with E-state index in [4.69, 9.17) is 32.2 Å². The van der Waals surface area contributed by atoms with Crippen molar-refractivity contribution in [1.82, 2.24) is 0 Å². The summed E-state index contributed by atoms with van der Waals surface area (Å²) in [6.07, 6.45) is 7.88. The lowest BCUT2D eigenvalue weighted by Crippen LogP contribution is -2.00. The van der Waals surface area contributed by atoms with Crippen molar-refractivity contribution in [3.8, 4) is 23.8 Å². The summed E-state index contributed by atoms with van der Waals surface area (Å²) in [5, 5.41) is 0.383. The molecule has 0 amide bonds. The Morgan fingerprint density at radius 3 is 2.65 bits per heavy atom. The van der Waals surface area contributed by atoms with Gasteiger partial charge in [-0.15, -0.1) is 6.42 Å². The van der Waals surface area contributed by atoms with Gasteiger partial charge in [0.25, 0.3) is 0 Å². The summed E-state index contributed by atoms with van der Waals surface area (Å²) >= 11 is 6.32. The highest BCUT2D eigenvalue weighted by Crippen LogP contribution is 2.37. The van der Waals surface area contributed by atoms with Crippen LogP contribution in [0.25, 0.3) is 6.08 Å². The molecule has 2 aromatic carbocycles. The Kier molecular flexibility index (Phi) is 7.13. The summed E-state index contributed by atoms with van der Waals surface area (Å²) in [5.74, 6) is 2.62. The van der Waals surface area contributed by atoms with Gasteiger partial charge in [0, 0.05) is 6.08 Å². The Morgan fingerprint density at radius 1 is 1.27 bits per heavy atom. The third kappa shape index (κ3) is 5.58. The van der Waals surface area contributed by atoms with Crippen molar-refractivity contribution in [3.05, 3.63) is 64.2 Å². The Labute approximate surface area is 158 Å². The van der Waals surface area contributed by atoms with Crippen molar-refractivity contribution in [2.45, 2.75) is 13.5 Å². The molecule has 134 valence electrons. The lowest BCUT2D eigenvalue weighted by Gasteiger charge is -2.13. The number of methoxy groups -OCH3 is 1. The minimum atomic E-state index is -0.530. The van der Waals surface area contributed by atoms with Gasteiger partial charge >= 0.3 is 5.97 Å². The minimum Gasteiger partial charge on any atom is -0.493 e. The number of ether oxygens (including phenoxy) is 3. The molecule has 0 bridgehead atoms. The third-order valence-electron chi connectivity index (χ3n) is 3.47. The van der Waals surface area contributed by atoms with Gasteiger partial charge in [0.1, 0.15) is 6.61 Å². The molecule has 0 fully saturated rings. The van der Waals surface area contributed by atoms with Gasteiger partial charge < -0.3 is 14.2 Å². The van der Waals surface area contributed by atoms with Crippen LogP contribution in [-0.2, 0) is 16.1 Å². The Hall–Kier alpha value is -2.90. The van der Waals surface area contributed by atoms with Crippen LogP contribution in [0.1, 0.15) is 16.7 Å². The topological polar surface area (TPSA) is 44.8 Å². The fourth-order valence-electron chi connectivity index (χ4n) is 2.14. The average molecular weight is 371 g/mol. The van der Waals surface area contributed by atoms with Gasteiger partial charge in [-0.2, -0.15) is 0 Å². The van der Waals surface area contributed by atoms with Crippen molar-refractivity contribution in [1.29, 1.82) is 0 Å². The molecule has 0 aliphatic heterocycles. The van der Waals surface area contributed by atoms with Crippen LogP contribution in [0.15, 0.2) is 42.5 Å². The number of terminal acetylenes is 1. The van der Waals surface area contributed by atoms with Gasteiger partial charge in [-0.05, 0) is 36.3 Å². The largest absolute Gasteiger partial charge is 0.493 e. The standard InChI is InChI=1S/C21H19ClO4/c1-4-11-25-20(23)10-9-17-12-18(22)21(19(13-17)24-3)26-14-16-7-5-15(2)6-8-16/h1,5-10,12-13H,11,14H2,2-3H3/b10-9+. The van der Waals surface area contributed by atoms with E-state index in [1.165, 1.54) is 18.7 Å². The van der Waals surface area contributed by atoms with E-state index in [1.54, 1.807) is 18.2 Å². The first-order valence-corrected chi connectivity index (χ1v) is 8.25. The molecule has 0 saturated heterocycles. The van der Waals surface area contributed by atoms with Crippen LogP contribution >= 0.6 is 11.6 Å². The van der Waals surface area contributed by atoms with E-state index in [9.17, 15) is 4.79 Å². The van der Waals surface area contributed by atoms with Gasteiger partial charge in [0.15, 0.2) is 18.1 Å². The van der Waals surface area contributed by atoms with E-state index in [0.29, 0.717) is 28.7 Å². The number of rotatable bonds is 7. The smallest absolute Gasteiger partial charge is 0.331 e. The van der Waals surface area contributed by atoms with Crippen molar-refractivity contribution in [2.75, 3.05) is 13.7 Å². The molecule has 0 heterocycles. The molecule has 4 nitrogen and oxygen atoms in total. The molecule has 0 aliphatic rings. The molecule has 26 heavy (non-hydrogen) atoms. The maximum atomic E-state index is 11.5. The van der Waals surface area contributed by atoms with Crippen LogP contribution < -0.4 is 9.47 Å². The number of aryl methyl sites for hydroxylation is 1. The van der Waals surface area contributed by atoms with E-state index >= 15 is 0 Å². The molecule has 0 saturated carbocycles. The third-order valence-corrected chi connectivity index (χ3v) is 3.75. The normalized spacial score (nSPS) is 10.4. The number of carbonyl (C=O) groups is 1. The number of esters is 1. The maximum absolute atomic E-state index is 11.5. The molecule has 0 atom stereocenters. The van der Waals surface area contributed by atoms with Gasteiger partial charge in [0.2, 0.25) is 0 Å². The molecular weight excluding hydrogens is 352 g/mol. The number of carbonyl (C=O) groups excluding carboxylic acids is 1. The van der Waals surface area contributed by atoms with Crippen molar-refractivity contribution in [3.63, 3.8) is 0 Å². The van der Waals surface area contributed by atoms with Crippen LogP contribution in [0.2, 0.25) is 5.02 Å². The molecule has 0 unspecified atom stereocenters. The Balaban J connectivity index is 2.13. The summed E-state index contributed by atoms with van der Waals surface area (Å²) in [7, 11) is 1.53. The van der Waals surface area contributed by atoms with E-state index in [1.807, 2.05) is 31.2 Å². The van der Waals surface area contributed by atoms with Gasteiger partial charge in [-0.3, -0.25) is 0 Å². The summed E-state index contributed by atoms with van der Waals surface area (Å²) < 4.78 is 16.0. The Morgan fingerprint density at radius 2 is 2.00 bits per heavy atom. The maximum Gasteiger partial charge on any atom is 0.331 e. The van der Waals surface area contributed by atoms with Gasteiger partial charge in [-0.1, -0.05) is 47.4 Å². The van der Waals surface area contributed by atoms with Crippen molar-refractivity contribution >= 4 is 23.6 Å². The zero-order chi connectivity index (χ0) is 18.9. The van der Waals surface area contributed by atoms with Gasteiger partial charge in [0.05, 0.1) is 12.1 Å². The monoisotopic (exact) mass is 370 g/mol. The van der Waals surface area contributed by atoms with E-state index in [2.05, 4.69) is 5.92 Å². The second kappa shape index (κ2) is 9.55. The highest BCUT2D eigenvalue weighted by atomic mass is 35.5. The molecule has 0 N–H and O–H groups in total. The van der Waals surface area contributed by atoms with Crippen LogP contribution in [0.5, 0.6) is 11.5 Å². The predicted octanol–water partition coefficient (Wildman–Crippen LogP) is 4.43. The number of benzene rings is 2. The molecule has 2 rings (SSSR count). The molecule has 0 aromatic heterocycles. The molecule has 0 aliphatic carbocycles. The molecule has 2 aromatic rings. The first kappa shape index (κ1) is 19.4. The molecular formula is C21H19ClO4. The lowest BCUT2D eigenvalue weighted by molar-refractivity contribution is -0.136. The zero-order valence-corrected chi connectivity index (χ0v) is 15.4. The average Bonchev–Trinajstić information content (AvgIpc) is 2.64. The Bertz CT molecular complexity index is 832. The second-order valence-electron chi connectivity index (χ2n) is 5.45. The number of halogens is 1. The van der Waals surface area contributed by atoms with Crippen LogP contribution in [0.4, 0.5) is 0 Å². The predicted molar refractivity (Wildman–Crippen MR) is 102 cm³/mol. The fourth-order valence-corrected chi connectivity index (χ4v) is 2.41. The van der Waals surface area contributed by atoms with E-state index < -0.39 is 5.97 Å². The number of hydrogen-bond donors (Lipinski definition) is 0. The quantitative estimate of drug-likeness (QED) is 0.411. The summed E-state index contributed by atoms with van der Waals surface area (Å²) in [5.41, 5.74) is 2.88. The van der Waals surface area contributed by atoms with Crippen molar-refractivity contribution in [2.24, 2.45) is 0 Å². The molecule has 5 heteroatoms. The van der Waals surface area contributed by atoms with Crippen molar-refractivity contribution < 1.29 is 19.0 Å². The first-order chi connectivity index (χ1) is 12.5. The zero-order valence-electron chi connectivity index (χ0n) is 14.6. The number of hydrogen-bond acceptors (Lipinski definition) is 4. The summed E-state index contributed by atoms with van der Waals surface area (Å²) in [6.45, 7) is 2.32. The summed E-state index contributed by atoms with van der Waals surface area (Å²) in [6, 6.07) is 11.4. The van der Waals surface area contributed by atoms with E-state index in [0.717, 1.165) is 5.56 Å². The van der Waals surface area contributed by atoms with Crippen LogP contribution in [0, 0.1) is 19.3 Å². The highest BCUT2D eigenvalue weighted by Gasteiger charge is 2.12. The molecule has 0 radical (unpaired) electrons. The minimum absolute atomic E-state index is 0.0704. The second-order valence-corrected chi connectivity index (χ2v) is 5.86.